The van der Waals surface area contributed by atoms with Gasteiger partial charge in [-0.2, -0.15) is 0 Å². The summed E-state index contributed by atoms with van der Waals surface area (Å²) in [5, 5.41) is 0. The molecule has 0 saturated carbocycles. The lowest BCUT2D eigenvalue weighted by molar-refractivity contribution is -0.146. The number of primary amides is 1. The molecule has 0 aromatic rings. The van der Waals surface area contributed by atoms with Crippen LogP contribution in [0.4, 0.5) is 0 Å². The van der Waals surface area contributed by atoms with E-state index in [1.54, 1.807) is 0 Å². The number of rotatable bonds is 4. The fourth-order valence-corrected chi connectivity index (χ4v) is 0.718. The average molecular weight is 174 g/mol. The largest absolute Gasteiger partial charge is 0.468 e. The van der Waals surface area contributed by atoms with Crippen LogP contribution in [0.25, 0.3) is 0 Å². The van der Waals surface area contributed by atoms with E-state index in [0.717, 1.165) is 0 Å². The Bertz CT molecular complexity index is 189. The lowest BCUT2D eigenvalue weighted by Gasteiger charge is -2.20. The first-order valence-electron chi connectivity index (χ1n) is 3.56. The summed E-state index contributed by atoms with van der Waals surface area (Å²) in [6.07, 6.45) is 0.289. The molecule has 5 heteroatoms. The third-order valence-electron chi connectivity index (χ3n) is 1.54. The van der Waals surface area contributed by atoms with Crippen molar-refractivity contribution in [3.8, 4) is 0 Å². The number of nitrogens with two attached hydrogens (primary N) is 2. The molecule has 0 fully saturated rings. The van der Waals surface area contributed by atoms with E-state index in [-0.39, 0.29) is 12.8 Å². The molecule has 0 saturated heterocycles. The molecule has 0 aliphatic rings. The van der Waals surface area contributed by atoms with Crippen molar-refractivity contribution in [3.05, 3.63) is 0 Å². The second-order valence-corrected chi connectivity index (χ2v) is 2.88. The third-order valence-corrected chi connectivity index (χ3v) is 1.54. The van der Waals surface area contributed by atoms with Crippen molar-refractivity contribution in [1.29, 1.82) is 0 Å². The number of esters is 1. The summed E-state index contributed by atoms with van der Waals surface area (Å²) in [6.45, 7) is 1.50. The van der Waals surface area contributed by atoms with Crippen molar-refractivity contribution >= 4 is 11.9 Å². The van der Waals surface area contributed by atoms with Crippen molar-refractivity contribution in [2.24, 2.45) is 11.5 Å². The van der Waals surface area contributed by atoms with Crippen LogP contribution in [0.3, 0.4) is 0 Å². The van der Waals surface area contributed by atoms with Crippen LogP contribution in [0.1, 0.15) is 19.8 Å². The molecule has 0 aliphatic carbocycles. The minimum Gasteiger partial charge on any atom is -0.468 e. The number of hydrogen-bond donors (Lipinski definition) is 2. The Morgan fingerprint density at radius 1 is 1.50 bits per heavy atom. The van der Waals surface area contributed by atoms with Crippen LogP contribution in [0.5, 0.6) is 0 Å². The summed E-state index contributed by atoms with van der Waals surface area (Å²) >= 11 is 0. The Balaban J connectivity index is 4.03. The van der Waals surface area contributed by atoms with E-state index in [1.807, 2.05) is 0 Å². The first-order valence-corrected chi connectivity index (χ1v) is 3.56. The second-order valence-electron chi connectivity index (χ2n) is 2.88. The van der Waals surface area contributed by atoms with Crippen molar-refractivity contribution < 1.29 is 14.3 Å². The molecule has 1 amide bonds. The van der Waals surface area contributed by atoms with Gasteiger partial charge < -0.3 is 16.2 Å². The van der Waals surface area contributed by atoms with Gasteiger partial charge in [0, 0.05) is 6.42 Å². The lowest BCUT2D eigenvalue weighted by Crippen LogP contribution is -2.46. The zero-order valence-corrected chi connectivity index (χ0v) is 7.29. The highest BCUT2D eigenvalue weighted by molar-refractivity contribution is 5.81. The highest BCUT2D eigenvalue weighted by atomic mass is 16.5. The highest BCUT2D eigenvalue weighted by Gasteiger charge is 2.29. The fourth-order valence-electron chi connectivity index (χ4n) is 0.718. The monoisotopic (exact) mass is 174 g/mol. The van der Waals surface area contributed by atoms with Gasteiger partial charge in [-0.05, 0) is 13.3 Å². The molecular weight excluding hydrogens is 160 g/mol. The zero-order valence-electron chi connectivity index (χ0n) is 7.29. The molecule has 0 radical (unpaired) electrons. The summed E-state index contributed by atoms with van der Waals surface area (Å²) < 4.78 is 4.43. The van der Waals surface area contributed by atoms with Gasteiger partial charge in [0.25, 0.3) is 0 Å². The maximum absolute atomic E-state index is 10.9. The van der Waals surface area contributed by atoms with Crippen LogP contribution in [0, 0.1) is 0 Å². The topological polar surface area (TPSA) is 95.4 Å². The Labute approximate surface area is 71.0 Å². The van der Waals surface area contributed by atoms with Crippen molar-refractivity contribution in [1.82, 2.24) is 0 Å². The van der Waals surface area contributed by atoms with Crippen LogP contribution in [-0.2, 0) is 14.3 Å². The van der Waals surface area contributed by atoms with Gasteiger partial charge in [-0.1, -0.05) is 0 Å². The number of amides is 1. The van der Waals surface area contributed by atoms with Gasteiger partial charge >= 0.3 is 5.97 Å². The molecule has 0 aliphatic heterocycles. The van der Waals surface area contributed by atoms with E-state index in [0.29, 0.717) is 0 Å². The maximum atomic E-state index is 10.9. The van der Waals surface area contributed by atoms with Crippen molar-refractivity contribution in [2.75, 3.05) is 7.11 Å². The summed E-state index contributed by atoms with van der Waals surface area (Å²) in [6, 6.07) is 0. The Kier molecular flexibility index (Phi) is 3.69. The molecule has 0 spiro atoms. The first-order chi connectivity index (χ1) is 5.40. The molecule has 0 heterocycles. The third kappa shape index (κ3) is 3.34. The van der Waals surface area contributed by atoms with Crippen molar-refractivity contribution in [3.63, 3.8) is 0 Å². The number of hydrogen-bond acceptors (Lipinski definition) is 4. The van der Waals surface area contributed by atoms with Gasteiger partial charge in [0.05, 0.1) is 7.11 Å². The van der Waals surface area contributed by atoms with Crippen LogP contribution in [0.2, 0.25) is 0 Å². The van der Waals surface area contributed by atoms with Gasteiger partial charge in [0.1, 0.15) is 5.54 Å². The van der Waals surface area contributed by atoms with Crippen molar-refractivity contribution in [2.45, 2.75) is 25.3 Å². The van der Waals surface area contributed by atoms with Crippen LogP contribution < -0.4 is 11.5 Å². The molecule has 0 rings (SSSR count). The Hall–Kier alpha value is -1.10. The van der Waals surface area contributed by atoms with E-state index in [4.69, 9.17) is 11.5 Å². The molecule has 5 nitrogen and oxygen atoms in total. The minimum absolute atomic E-state index is 0.0854. The summed E-state index contributed by atoms with van der Waals surface area (Å²) in [7, 11) is 1.25. The maximum Gasteiger partial charge on any atom is 0.325 e. The number of carbonyl (C=O) groups is 2. The lowest BCUT2D eigenvalue weighted by atomic mass is 9.97. The summed E-state index contributed by atoms with van der Waals surface area (Å²) in [5.74, 6) is -1.01. The number of methoxy groups -OCH3 is 1. The van der Waals surface area contributed by atoms with E-state index in [9.17, 15) is 9.59 Å². The standard InChI is InChI=1S/C7H14N2O3/c1-7(9,6(11)12-2)4-3-5(8)10/h3-4,9H2,1-2H3,(H2,8,10)/t7-/m0/s1. The fraction of sp³-hybridized carbons (Fsp3) is 0.714. The molecule has 0 bridgehead atoms. The molecule has 0 aromatic heterocycles. The molecular formula is C7H14N2O3. The normalized spacial score (nSPS) is 14.9. The average Bonchev–Trinajstić information content (AvgIpc) is 1.99. The van der Waals surface area contributed by atoms with Crippen LogP contribution >= 0.6 is 0 Å². The predicted octanol–water partition coefficient (Wildman–Crippen LogP) is -0.858. The van der Waals surface area contributed by atoms with E-state index >= 15 is 0 Å². The van der Waals surface area contributed by atoms with Gasteiger partial charge in [-0.25, -0.2) is 0 Å². The van der Waals surface area contributed by atoms with E-state index in [2.05, 4.69) is 4.74 Å². The van der Waals surface area contributed by atoms with E-state index in [1.165, 1.54) is 14.0 Å². The second kappa shape index (κ2) is 4.06. The summed E-state index contributed by atoms with van der Waals surface area (Å²) in [5.41, 5.74) is 9.31. The quantitative estimate of drug-likeness (QED) is 0.542. The van der Waals surface area contributed by atoms with E-state index < -0.39 is 17.4 Å². The smallest absolute Gasteiger partial charge is 0.325 e. The Morgan fingerprint density at radius 3 is 2.33 bits per heavy atom. The zero-order chi connectivity index (χ0) is 9.78. The highest BCUT2D eigenvalue weighted by Crippen LogP contribution is 2.09. The summed E-state index contributed by atoms with van der Waals surface area (Å²) in [4.78, 5) is 21.3. The number of ether oxygens (including phenoxy) is 1. The first kappa shape index (κ1) is 10.9. The molecule has 0 unspecified atom stereocenters. The molecule has 12 heavy (non-hydrogen) atoms. The number of carbonyl (C=O) groups excluding carboxylic acids is 2. The van der Waals surface area contributed by atoms with Crippen LogP contribution in [0.15, 0.2) is 0 Å². The van der Waals surface area contributed by atoms with Crippen LogP contribution in [-0.4, -0.2) is 24.5 Å². The molecule has 0 aromatic carbocycles. The molecule has 70 valence electrons. The molecule has 1 atom stereocenters. The minimum atomic E-state index is -1.12. The Morgan fingerprint density at radius 2 is 2.00 bits per heavy atom. The van der Waals surface area contributed by atoms with Gasteiger partial charge in [0.2, 0.25) is 5.91 Å². The van der Waals surface area contributed by atoms with Gasteiger partial charge in [-0.15, -0.1) is 0 Å². The van der Waals surface area contributed by atoms with Gasteiger partial charge in [-0.3, -0.25) is 9.59 Å². The van der Waals surface area contributed by atoms with Gasteiger partial charge in [0.15, 0.2) is 0 Å². The predicted molar refractivity (Wildman–Crippen MR) is 43.0 cm³/mol. The SMILES string of the molecule is COC(=O)[C@@](C)(N)CCC(N)=O. The molecule has 4 N–H and O–H groups in total.